The molecule has 0 unspecified atom stereocenters. The van der Waals surface area contributed by atoms with E-state index in [2.05, 4.69) is 11.1 Å². The highest BCUT2D eigenvalue weighted by molar-refractivity contribution is 5.51. The summed E-state index contributed by atoms with van der Waals surface area (Å²) in [4.78, 5) is 7.85. The molecular weight excluding hydrogens is 208 g/mol. The molecule has 1 saturated heterocycles. The van der Waals surface area contributed by atoms with Crippen LogP contribution in [0.3, 0.4) is 0 Å². The molecular formula is C10H14N4O2. The van der Waals surface area contributed by atoms with Gasteiger partial charge in [-0.05, 0) is 0 Å². The van der Waals surface area contributed by atoms with Crippen LogP contribution in [-0.4, -0.2) is 45.4 Å². The second-order valence-electron chi connectivity index (χ2n) is 3.76. The molecule has 1 fully saturated rings. The third kappa shape index (κ3) is 1.95. The van der Waals surface area contributed by atoms with E-state index in [0.29, 0.717) is 30.8 Å². The molecule has 0 aromatic carbocycles. The van der Waals surface area contributed by atoms with Crippen molar-refractivity contribution in [3.63, 3.8) is 0 Å². The minimum absolute atomic E-state index is 0.339. The molecule has 0 N–H and O–H groups in total. The highest BCUT2D eigenvalue weighted by atomic mass is 16.5. The highest BCUT2D eigenvalue weighted by Gasteiger charge is 2.22. The lowest BCUT2D eigenvalue weighted by atomic mass is 10.4. The molecule has 1 aromatic rings. The number of aromatic nitrogens is 1. The van der Waals surface area contributed by atoms with Gasteiger partial charge in [-0.2, -0.15) is 10.2 Å². The number of hydrogen-bond acceptors (Lipinski definition) is 6. The molecule has 16 heavy (non-hydrogen) atoms. The van der Waals surface area contributed by atoms with Crippen molar-refractivity contribution in [3.8, 4) is 6.07 Å². The summed E-state index contributed by atoms with van der Waals surface area (Å²) in [6, 6.07) is 2.51. The predicted octanol–water partition coefficient (Wildman–Crippen LogP) is 0.449. The lowest BCUT2D eigenvalue weighted by molar-refractivity contribution is 0.120. The second-order valence-corrected chi connectivity index (χ2v) is 3.76. The van der Waals surface area contributed by atoms with Crippen LogP contribution >= 0.6 is 0 Å². The first-order valence-electron chi connectivity index (χ1n) is 5.13. The van der Waals surface area contributed by atoms with Gasteiger partial charge in [-0.25, -0.2) is 0 Å². The van der Waals surface area contributed by atoms with Crippen LogP contribution in [0.4, 0.5) is 11.9 Å². The van der Waals surface area contributed by atoms with Gasteiger partial charge < -0.3 is 19.0 Å². The van der Waals surface area contributed by atoms with Crippen molar-refractivity contribution in [1.29, 1.82) is 5.26 Å². The van der Waals surface area contributed by atoms with Crippen LogP contribution in [-0.2, 0) is 4.74 Å². The summed E-state index contributed by atoms with van der Waals surface area (Å²) in [6.45, 7) is 2.78. The van der Waals surface area contributed by atoms with Crippen LogP contribution < -0.4 is 9.80 Å². The fourth-order valence-corrected chi connectivity index (χ4v) is 1.55. The molecule has 0 radical (unpaired) electrons. The number of morpholine rings is 1. The van der Waals surface area contributed by atoms with Gasteiger partial charge in [-0.1, -0.05) is 0 Å². The maximum absolute atomic E-state index is 9.00. The Bertz CT molecular complexity index is 401. The van der Waals surface area contributed by atoms with Crippen molar-refractivity contribution in [2.24, 2.45) is 0 Å². The molecule has 1 aliphatic rings. The topological polar surface area (TPSA) is 65.5 Å². The monoisotopic (exact) mass is 222 g/mol. The van der Waals surface area contributed by atoms with Crippen LogP contribution in [0.25, 0.3) is 0 Å². The average Bonchev–Trinajstić information content (AvgIpc) is 2.74. The largest absolute Gasteiger partial charge is 0.406 e. The molecule has 86 valence electrons. The Hall–Kier alpha value is -1.74. The number of anilines is 2. The van der Waals surface area contributed by atoms with E-state index >= 15 is 0 Å². The van der Waals surface area contributed by atoms with E-state index in [-0.39, 0.29) is 0 Å². The Balaban J connectivity index is 2.28. The molecule has 0 aliphatic carbocycles. The van der Waals surface area contributed by atoms with Crippen LogP contribution in [0.1, 0.15) is 5.69 Å². The molecule has 0 saturated carbocycles. The molecule has 0 amide bonds. The van der Waals surface area contributed by atoms with Crippen molar-refractivity contribution in [1.82, 2.24) is 4.98 Å². The first-order chi connectivity index (χ1) is 7.72. The van der Waals surface area contributed by atoms with Crippen molar-refractivity contribution in [2.45, 2.75) is 0 Å². The molecule has 1 aliphatic heterocycles. The molecule has 6 heteroatoms. The standard InChI is InChI=1S/C10H14N4O2/c1-13(2)10-12-8(7-11)9(16-10)14-3-5-15-6-4-14/h3-6H2,1-2H3. The zero-order valence-corrected chi connectivity index (χ0v) is 9.43. The Labute approximate surface area is 94.0 Å². The molecule has 0 atom stereocenters. The number of ether oxygens (including phenoxy) is 1. The maximum atomic E-state index is 9.00. The number of rotatable bonds is 2. The molecule has 2 rings (SSSR count). The van der Waals surface area contributed by atoms with Gasteiger partial charge in [0, 0.05) is 27.2 Å². The van der Waals surface area contributed by atoms with Gasteiger partial charge in [0.2, 0.25) is 11.6 Å². The summed E-state index contributed by atoms with van der Waals surface area (Å²) in [7, 11) is 3.66. The Morgan fingerprint density at radius 2 is 2.06 bits per heavy atom. The zero-order valence-electron chi connectivity index (χ0n) is 9.43. The summed E-state index contributed by atoms with van der Waals surface area (Å²) in [5.74, 6) is 0.550. The maximum Gasteiger partial charge on any atom is 0.299 e. The van der Waals surface area contributed by atoms with Crippen molar-refractivity contribution in [3.05, 3.63) is 5.69 Å². The van der Waals surface area contributed by atoms with E-state index in [9.17, 15) is 0 Å². The molecule has 2 heterocycles. The lowest BCUT2D eigenvalue weighted by Gasteiger charge is -2.26. The van der Waals surface area contributed by atoms with Crippen molar-refractivity contribution < 1.29 is 9.15 Å². The van der Waals surface area contributed by atoms with Gasteiger partial charge >= 0.3 is 0 Å². The molecule has 0 bridgehead atoms. The van der Waals surface area contributed by atoms with Gasteiger partial charge in [0.1, 0.15) is 6.07 Å². The van der Waals surface area contributed by atoms with E-state index in [1.807, 2.05) is 19.0 Å². The van der Waals surface area contributed by atoms with E-state index in [1.165, 1.54) is 0 Å². The minimum atomic E-state index is 0.339. The smallest absolute Gasteiger partial charge is 0.299 e. The van der Waals surface area contributed by atoms with Gasteiger partial charge in [-0.15, -0.1) is 0 Å². The molecule has 6 nitrogen and oxygen atoms in total. The first kappa shape index (κ1) is 10.8. The van der Waals surface area contributed by atoms with Crippen LogP contribution in [0.15, 0.2) is 4.42 Å². The minimum Gasteiger partial charge on any atom is -0.406 e. The van der Waals surface area contributed by atoms with Crippen LogP contribution in [0, 0.1) is 11.3 Å². The normalized spacial score (nSPS) is 15.9. The molecule has 1 aromatic heterocycles. The summed E-state index contributed by atoms with van der Waals surface area (Å²) in [5, 5.41) is 9.00. The van der Waals surface area contributed by atoms with Crippen molar-refractivity contribution in [2.75, 3.05) is 50.2 Å². The summed E-state index contributed by atoms with van der Waals surface area (Å²) in [6.07, 6.45) is 0. The summed E-state index contributed by atoms with van der Waals surface area (Å²) >= 11 is 0. The third-order valence-corrected chi connectivity index (χ3v) is 2.38. The van der Waals surface area contributed by atoms with E-state index < -0.39 is 0 Å². The van der Waals surface area contributed by atoms with Gasteiger partial charge in [0.05, 0.1) is 13.2 Å². The van der Waals surface area contributed by atoms with E-state index in [1.54, 1.807) is 4.90 Å². The SMILES string of the molecule is CN(C)c1nc(C#N)c(N2CCOCC2)o1. The predicted molar refractivity (Wildman–Crippen MR) is 58.6 cm³/mol. The van der Waals surface area contributed by atoms with E-state index in [4.69, 9.17) is 14.4 Å². The second kappa shape index (κ2) is 4.41. The number of nitrogens with zero attached hydrogens (tertiary/aromatic N) is 4. The first-order valence-corrected chi connectivity index (χ1v) is 5.13. The van der Waals surface area contributed by atoms with Crippen LogP contribution in [0.5, 0.6) is 0 Å². The number of nitriles is 1. The van der Waals surface area contributed by atoms with Gasteiger partial charge in [0.15, 0.2) is 0 Å². The average molecular weight is 222 g/mol. The Kier molecular flexibility index (Phi) is 2.97. The van der Waals surface area contributed by atoms with Gasteiger partial charge in [-0.3, -0.25) is 0 Å². The number of hydrogen-bond donors (Lipinski definition) is 0. The zero-order chi connectivity index (χ0) is 11.5. The molecule has 0 spiro atoms. The van der Waals surface area contributed by atoms with E-state index in [0.717, 1.165) is 13.1 Å². The highest BCUT2D eigenvalue weighted by Crippen LogP contribution is 2.26. The fraction of sp³-hybridized carbons (Fsp3) is 0.600. The fourth-order valence-electron chi connectivity index (χ4n) is 1.55. The number of oxazole rings is 1. The van der Waals surface area contributed by atoms with Gasteiger partial charge in [0.25, 0.3) is 6.01 Å². The lowest BCUT2D eigenvalue weighted by Crippen LogP contribution is -2.36. The van der Waals surface area contributed by atoms with Crippen molar-refractivity contribution >= 4 is 11.9 Å². The Morgan fingerprint density at radius 1 is 1.38 bits per heavy atom. The summed E-state index contributed by atoms with van der Waals surface area (Å²) < 4.78 is 10.8. The quantitative estimate of drug-likeness (QED) is 0.723. The van der Waals surface area contributed by atoms with Crippen LogP contribution in [0.2, 0.25) is 0 Å². The third-order valence-electron chi connectivity index (χ3n) is 2.38. The summed E-state index contributed by atoms with van der Waals surface area (Å²) in [5.41, 5.74) is 0.339. The Morgan fingerprint density at radius 3 is 2.62 bits per heavy atom.